The van der Waals surface area contributed by atoms with Gasteiger partial charge < -0.3 is 0 Å². The van der Waals surface area contributed by atoms with Crippen molar-refractivity contribution >= 4 is 277 Å². The lowest BCUT2D eigenvalue weighted by Gasteiger charge is -2.12. The minimum Gasteiger partial charge on any atom is -0.276 e. The zero-order valence-electron chi connectivity index (χ0n) is 75.2. The third kappa shape index (κ3) is 12.7. The molecule has 22 heteroatoms. The molecule has 0 spiro atoms. The third-order valence-corrected chi connectivity index (χ3v) is 34.5. The highest BCUT2D eigenvalue weighted by atomic mass is 32.1. The van der Waals surface area contributed by atoms with Crippen molar-refractivity contribution in [2.24, 2.45) is 0 Å². The lowest BCUT2D eigenvalue weighted by Crippen LogP contribution is -2.06. The van der Waals surface area contributed by atoms with Crippen LogP contribution in [0.3, 0.4) is 0 Å². The molecule has 15 aromatic heterocycles. The van der Waals surface area contributed by atoms with E-state index in [1.165, 1.54) is 113 Å². The Labute approximate surface area is 835 Å². The summed E-state index contributed by atoms with van der Waals surface area (Å²) in [4.78, 5) is 64.7. The minimum absolute atomic E-state index is 0.574. The predicted octanol–water partition coefficient (Wildman–Crippen LogP) is 33.0. The highest BCUT2D eigenvalue weighted by molar-refractivity contribution is 7.32. The molecule has 0 N–H and O–H groups in total. The first-order valence-corrected chi connectivity index (χ1v) is 51.8. The number of fused-ring (bicyclic) bond motifs is 38. The molecule has 0 amide bonds. The number of rotatable bonds is 9. The maximum atomic E-state index is 5.44. The van der Waals surface area contributed by atoms with Gasteiger partial charge >= 0.3 is 0 Å². The third-order valence-electron chi connectivity index (χ3n) is 27.6. The second-order valence-corrected chi connectivity index (χ2v) is 41.8. The fraction of sp³-hybridized carbons (Fsp3) is 0. The van der Waals surface area contributed by atoms with Crippen LogP contribution in [-0.2, 0) is 0 Å². The maximum absolute atomic E-state index is 5.44. The molecule has 0 radical (unpaired) electrons. The topological polar surface area (TPSA) is 182 Å². The zero-order valence-corrected chi connectivity index (χ0v) is 80.1. The number of thiophene rings is 6. The van der Waals surface area contributed by atoms with Gasteiger partial charge in [-0.3, -0.25) is 13.7 Å². The highest BCUT2D eigenvalue weighted by Crippen LogP contribution is 2.57. The molecule has 666 valence electrons. The standard InChI is InChI=1S/C43H24N6S2.C42H23N5S2.C36H19N5S2/c1-3-11-25(12-4-1)26-19-21-28(22-20-26)42-46-41(27-13-5-2-6-14-27)47-43(48-42)49-31-17-9-7-15-29(31)34-36-37-33(23-44-24-45-37)51-39(36)35-30-16-8-10-18-32(30)50-40(35)38(34)49;1-2-10-24(11-3-1)25-18-20-26(21-19-25)37-27-12-4-7-15-30(27)45-42(46-37)47-31-16-8-5-13-28(31)34-36-38-33(22-43-23-44-38)49-40(36)35-29-14-6-9-17-32(29)48-41(35)39(34)47;1-2-10-20(11-3-1)31-21-12-4-7-15-24(21)39-36(40-31)41-25-16-8-5-13-22(25)28-30-32-27(18-37-19-38-32)43-34(30)29-23-14-6-9-17-26(23)42-35(29)33(28)41/h1-24H;1-23H;1-19H. The van der Waals surface area contributed by atoms with E-state index in [-0.39, 0.29) is 0 Å². The summed E-state index contributed by atoms with van der Waals surface area (Å²) in [5.41, 5.74) is 21.7. The molecule has 0 aliphatic heterocycles. The molecule has 0 saturated heterocycles. The van der Waals surface area contributed by atoms with Crippen molar-refractivity contribution < 1.29 is 0 Å². The van der Waals surface area contributed by atoms with Crippen molar-refractivity contribution in [3.63, 3.8) is 0 Å². The van der Waals surface area contributed by atoms with Gasteiger partial charge in [-0.05, 0) is 70.8 Å². The first-order valence-electron chi connectivity index (χ1n) is 46.9. The van der Waals surface area contributed by atoms with E-state index < -0.39 is 0 Å². The Morgan fingerprint density at radius 1 is 0.182 bits per heavy atom. The quantitative estimate of drug-likeness (QED) is 0.133. The van der Waals surface area contributed by atoms with Crippen LogP contribution in [0.4, 0.5) is 0 Å². The number of hydrogen-bond acceptors (Lipinski definition) is 19. The molecule has 0 bridgehead atoms. The second kappa shape index (κ2) is 32.5. The van der Waals surface area contributed by atoms with Crippen LogP contribution in [0.2, 0.25) is 0 Å². The Morgan fingerprint density at radius 2 is 0.448 bits per heavy atom. The summed E-state index contributed by atoms with van der Waals surface area (Å²) in [7, 11) is 0. The molecule has 15 heterocycles. The Bertz CT molecular complexity index is 10900. The Morgan fingerprint density at radius 3 is 0.818 bits per heavy atom. The monoisotopic (exact) mass is 1930 g/mol. The number of benzene rings is 17. The second-order valence-electron chi connectivity index (χ2n) is 35.4. The summed E-state index contributed by atoms with van der Waals surface area (Å²) in [6.07, 6.45) is 10.8. The first kappa shape index (κ1) is 81.4. The van der Waals surface area contributed by atoms with E-state index in [1.54, 1.807) is 53.0 Å². The predicted molar refractivity (Wildman–Crippen MR) is 599 cm³/mol. The molecular formula is C121H66N16S6. The SMILES string of the molecule is c1ccc(-c2ccc(-c3nc(-c4ccccc4)nc(-n4c5ccccc5c5c6c7ncncc7sc6c6c7ccccc7sc6c54)n3)cc2)cc1.c1ccc(-c2ccc(-c3nc(-n4c5ccccc5c5c6c7ncncc7sc6c6c7ccccc7sc6c54)nc4ccccc34)cc2)cc1.c1ccc(-c2nc(-n3c4ccccc4c4c5c6ncncc6sc5c5c6ccccc6sc5c43)nc3ccccc23)cc1. The van der Waals surface area contributed by atoms with Crippen LogP contribution in [0.5, 0.6) is 0 Å². The van der Waals surface area contributed by atoms with Crippen LogP contribution in [0, 0.1) is 0 Å². The van der Waals surface area contributed by atoms with Gasteiger partial charge in [0.2, 0.25) is 17.8 Å². The average Bonchev–Trinajstić information content (AvgIpc) is 1.53. The molecule has 0 aliphatic carbocycles. The minimum atomic E-state index is 0.574. The summed E-state index contributed by atoms with van der Waals surface area (Å²) in [5, 5.41) is 20.0. The van der Waals surface area contributed by atoms with Crippen LogP contribution in [0.1, 0.15) is 0 Å². The van der Waals surface area contributed by atoms with Gasteiger partial charge in [-0.25, -0.2) is 54.8 Å². The summed E-state index contributed by atoms with van der Waals surface area (Å²) in [6, 6.07) is 127. The normalized spacial score (nSPS) is 12.1. The molecule has 0 aliphatic rings. The zero-order chi connectivity index (χ0) is 93.6. The Balaban J connectivity index is 0.000000100. The highest BCUT2D eigenvalue weighted by Gasteiger charge is 2.32. The molecule has 17 aromatic carbocycles. The van der Waals surface area contributed by atoms with E-state index in [4.69, 9.17) is 49.8 Å². The van der Waals surface area contributed by atoms with Gasteiger partial charge in [0.15, 0.2) is 11.6 Å². The fourth-order valence-corrected chi connectivity index (χ4v) is 28.9. The van der Waals surface area contributed by atoms with E-state index in [0.717, 1.165) is 152 Å². The molecule has 143 heavy (non-hydrogen) atoms. The van der Waals surface area contributed by atoms with Crippen LogP contribution in [-0.4, -0.2) is 78.5 Å². The van der Waals surface area contributed by atoms with Crippen LogP contribution in [0.25, 0.3) is 294 Å². The number of aromatic nitrogens is 16. The first-order chi connectivity index (χ1) is 71.0. The van der Waals surface area contributed by atoms with Gasteiger partial charge in [0.1, 0.15) is 19.0 Å². The van der Waals surface area contributed by atoms with Crippen molar-refractivity contribution in [1.82, 2.24) is 78.5 Å². The van der Waals surface area contributed by atoms with E-state index in [9.17, 15) is 0 Å². The summed E-state index contributed by atoms with van der Waals surface area (Å²) in [5.74, 6) is 3.13. The fourth-order valence-electron chi connectivity index (χ4n) is 21.4. The van der Waals surface area contributed by atoms with Crippen LogP contribution < -0.4 is 0 Å². The van der Waals surface area contributed by atoms with Gasteiger partial charge in [0, 0.05) is 161 Å². The van der Waals surface area contributed by atoms with Gasteiger partial charge in [0.05, 0.1) is 100 Å². The van der Waals surface area contributed by atoms with E-state index in [2.05, 4.69) is 350 Å². The number of para-hydroxylation sites is 5. The average molecular weight is 1940 g/mol. The number of nitrogens with zero attached hydrogens (tertiary/aromatic N) is 16. The molecule has 0 fully saturated rings. The lowest BCUT2D eigenvalue weighted by molar-refractivity contribution is 0.955. The van der Waals surface area contributed by atoms with Gasteiger partial charge in [-0.2, -0.15) is 9.97 Å². The van der Waals surface area contributed by atoms with Gasteiger partial charge in [-0.15, -0.1) is 68.0 Å². The molecular weight excluding hydrogens is 1870 g/mol. The van der Waals surface area contributed by atoms with Gasteiger partial charge in [0.25, 0.3) is 0 Å². The van der Waals surface area contributed by atoms with Crippen molar-refractivity contribution in [1.29, 1.82) is 0 Å². The van der Waals surface area contributed by atoms with Gasteiger partial charge in [-0.1, -0.05) is 315 Å². The molecule has 0 saturated carbocycles. The summed E-state index contributed by atoms with van der Waals surface area (Å²) >= 11 is 10.8. The Hall–Kier alpha value is -17.6. The Kier molecular flexibility index (Phi) is 18.5. The van der Waals surface area contributed by atoms with E-state index in [1.807, 2.05) is 95.1 Å². The largest absolute Gasteiger partial charge is 0.276 e. The summed E-state index contributed by atoms with van der Waals surface area (Å²) in [6.45, 7) is 0. The van der Waals surface area contributed by atoms with Crippen LogP contribution >= 0.6 is 68.0 Å². The molecule has 32 rings (SSSR count). The number of hydrogen-bond donors (Lipinski definition) is 0. The maximum Gasteiger partial charge on any atom is 0.238 e. The van der Waals surface area contributed by atoms with Crippen molar-refractivity contribution in [3.05, 3.63) is 402 Å². The summed E-state index contributed by atoms with van der Waals surface area (Å²) < 4.78 is 21.2. The molecule has 32 aromatic rings. The van der Waals surface area contributed by atoms with E-state index >= 15 is 0 Å². The van der Waals surface area contributed by atoms with Crippen LogP contribution in [0.15, 0.2) is 402 Å². The van der Waals surface area contributed by atoms with Crippen molar-refractivity contribution in [2.75, 3.05) is 0 Å². The lowest BCUT2D eigenvalue weighted by atomic mass is 10.0. The molecule has 0 atom stereocenters. The molecule has 16 nitrogen and oxygen atoms in total. The van der Waals surface area contributed by atoms with Crippen molar-refractivity contribution in [2.45, 2.75) is 0 Å². The smallest absolute Gasteiger partial charge is 0.238 e. The van der Waals surface area contributed by atoms with E-state index in [0.29, 0.717) is 29.5 Å². The molecule has 0 unspecified atom stereocenters. The van der Waals surface area contributed by atoms with Crippen molar-refractivity contribution in [3.8, 4) is 85.4 Å².